The molecule has 1 aromatic carbocycles. The van der Waals surface area contributed by atoms with E-state index < -0.39 is 15.5 Å². The van der Waals surface area contributed by atoms with Crippen molar-refractivity contribution in [2.45, 2.75) is 76.6 Å². The van der Waals surface area contributed by atoms with Crippen molar-refractivity contribution in [3.05, 3.63) is 29.7 Å². The zero-order valence-electron chi connectivity index (χ0n) is 20.6. The quantitative estimate of drug-likeness (QED) is 0.0686. The highest BCUT2D eigenvalue weighted by atomic mass is 32.2. The van der Waals surface area contributed by atoms with Crippen LogP contribution in [0.5, 0.6) is 0 Å². The average Bonchev–Trinajstić information content (AvgIpc) is 2.82. The third kappa shape index (κ3) is 8.99. The van der Waals surface area contributed by atoms with Gasteiger partial charge in [-0.15, -0.1) is 10.2 Å². The highest BCUT2D eigenvalue weighted by Crippen LogP contribution is 2.39. The maximum Gasteiger partial charge on any atom is 0.516 e. The van der Waals surface area contributed by atoms with Crippen molar-refractivity contribution in [2.24, 2.45) is 21.2 Å². The number of halogens is 3. The molecule has 0 aliphatic carbocycles. The van der Waals surface area contributed by atoms with E-state index in [1.807, 2.05) is 0 Å². The number of alkyl halides is 3. The summed E-state index contributed by atoms with van der Waals surface area (Å²) in [6, 6.07) is 2.98. The number of hydrogen-bond donors (Lipinski definition) is 2. The Labute approximate surface area is 215 Å². The molecular formula is C23H35F3N6O2S2. The third-order valence-corrected chi connectivity index (χ3v) is 7.45. The van der Waals surface area contributed by atoms with Gasteiger partial charge in [-0.1, -0.05) is 70.2 Å². The Bertz CT molecular complexity index is 1030. The van der Waals surface area contributed by atoms with Gasteiger partial charge in [0.05, 0.1) is 5.69 Å². The lowest BCUT2D eigenvalue weighted by Crippen LogP contribution is -2.32. The number of nitrogens with two attached hydrogens (primary N) is 1. The smallest absolute Gasteiger partial charge is 0.371 e. The van der Waals surface area contributed by atoms with Crippen LogP contribution in [0.2, 0.25) is 0 Å². The van der Waals surface area contributed by atoms with Gasteiger partial charge in [0.25, 0.3) is 0 Å². The van der Waals surface area contributed by atoms with Crippen LogP contribution in [0, 0.1) is 0 Å². The van der Waals surface area contributed by atoms with Gasteiger partial charge >= 0.3 is 15.5 Å². The Morgan fingerprint density at radius 1 is 1.19 bits per heavy atom. The van der Waals surface area contributed by atoms with Crippen molar-refractivity contribution in [2.75, 3.05) is 22.7 Å². The van der Waals surface area contributed by atoms with Crippen molar-refractivity contribution in [1.29, 1.82) is 0 Å². The molecular weight excluding hydrogens is 513 g/mol. The molecule has 0 atom stereocenters. The van der Waals surface area contributed by atoms with E-state index in [0.29, 0.717) is 12.1 Å². The number of anilines is 2. The molecule has 13 heteroatoms. The lowest BCUT2D eigenvalue weighted by atomic mass is 9.99. The number of hydrogen-bond acceptors (Lipinski definition) is 7. The van der Waals surface area contributed by atoms with Crippen LogP contribution in [0.4, 0.5) is 30.2 Å². The van der Waals surface area contributed by atoms with Gasteiger partial charge in [-0.05, 0) is 42.4 Å². The molecule has 202 valence electrons. The Hall–Kier alpha value is -2.28. The second kappa shape index (κ2) is 14.5. The molecule has 0 unspecified atom stereocenters. The summed E-state index contributed by atoms with van der Waals surface area (Å²) in [5.74, 6) is 5.25. The highest BCUT2D eigenvalue weighted by molar-refractivity contribution is 8.16. The van der Waals surface area contributed by atoms with Gasteiger partial charge < -0.3 is 10.7 Å². The molecule has 1 aliphatic rings. The van der Waals surface area contributed by atoms with E-state index in [1.165, 1.54) is 43.6 Å². The average molecular weight is 549 g/mol. The van der Waals surface area contributed by atoms with Gasteiger partial charge in [-0.25, -0.2) is 0 Å². The number of fused-ring (bicyclic) bond motifs is 1. The van der Waals surface area contributed by atoms with Crippen LogP contribution in [0.3, 0.4) is 0 Å². The molecule has 0 spiro atoms. The maximum absolute atomic E-state index is 13.1. The standard InChI is InChI=1S/C23H35F3N6O2S2/c1-3-5-6-7-8-9-10-11-14-32-15-12-13-18-16-19(29-30-22(28-27)35-4-2)20(17-21(18)32)31-36(33,34)23(24,25)26/h4,16-17,31H,2-3,5-15,27H2,1H3/b28-22-,30-29?. The molecule has 0 bridgehead atoms. The van der Waals surface area contributed by atoms with Gasteiger partial charge in [0.1, 0.15) is 5.69 Å². The van der Waals surface area contributed by atoms with E-state index in [4.69, 9.17) is 5.84 Å². The fraction of sp³-hybridized carbons (Fsp3) is 0.609. The zero-order chi connectivity index (χ0) is 26.6. The Morgan fingerprint density at radius 3 is 2.47 bits per heavy atom. The lowest BCUT2D eigenvalue weighted by Gasteiger charge is -2.32. The SMILES string of the molecule is C=CS/C(N=Nc1cc2c(cc1NS(=O)(=O)C(F)(F)F)N(CCCCCCCCCC)CCC2)=N\N. The van der Waals surface area contributed by atoms with Crippen LogP contribution in [0.1, 0.15) is 70.3 Å². The Morgan fingerprint density at radius 2 is 1.86 bits per heavy atom. The van der Waals surface area contributed by atoms with E-state index in [2.05, 4.69) is 33.7 Å². The van der Waals surface area contributed by atoms with Crippen LogP contribution in [0.25, 0.3) is 0 Å². The van der Waals surface area contributed by atoms with Gasteiger partial charge in [0.2, 0.25) is 5.17 Å². The molecule has 0 amide bonds. The fourth-order valence-corrected chi connectivity index (χ4v) is 4.85. The normalized spacial score (nSPS) is 14.8. The number of unbranched alkanes of at least 4 members (excludes halogenated alkanes) is 7. The first-order valence-corrected chi connectivity index (χ1v) is 14.5. The minimum atomic E-state index is -5.65. The number of sulfonamides is 1. The first-order chi connectivity index (χ1) is 17.1. The number of aryl methyl sites for hydroxylation is 1. The van der Waals surface area contributed by atoms with E-state index in [0.717, 1.165) is 56.1 Å². The van der Waals surface area contributed by atoms with E-state index in [9.17, 15) is 21.6 Å². The lowest BCUT2D eigenvalue weighted by molar-refractivity contribution is -0.0429. The number of amidine groups is 1. The summed E-state index contributed by atoms with van der Waals surface area (Å²) >= 11 is 0.968. The predicted molar refractivity (Wildman–Crippen MR) is 142 cm³/mol. The van der Waals surface area contributed by atoms with E-state index in [1.54, 1.807) is 10.8 Å². The van der Waals surface area contributed by atoms with Crippen LogP contribution in [-0.2, 0) is 16.4 Å². The van der Waals surface area contributed by atoms with Crippen molar-refractivity contribution >= 4 is 44.0 Å². The summed E-state index contributed by atoms with van der Waals surface area (Å²) in [6.07, 6.45) is 10.9. The fourth-order valence-electron chi connectivity index (χ4n) is 3.98. The van der Waals surface area contributed by atoms with Crippen molar-refractivity contribution in [1.82, 2.24) is 0 Å². The largest absolute Gasteiger partial charge is 0.516 e. The molecule has 0 aromatic heterocycles. The van der Waals surface area contributed by atoms with Gasteiger partial charge in [-0.3, -0.25) is 4.72 Å². The summed E-state index contributed by atoms with van der Waals surface area (Å²) in [6.45, 7) is 7.20. The highest BCUT2D eigenvalue weighted by Gasteiger charge is 2.46. The molecule has 0 saturated carbocycles. The second-order valence-electron chi connectivity index (χ2n) is 8.51. The van der Waals surface area contributed by atoms with E-state index in [-0.39, 0.29) is 16.5 Å². The Kier molecular flexibility index (Phi) is 12.0. The monoisotopic (exact) mass is 548 g/mol. The second-order valence-corrected chi connectivity index (χ2v) is 11.1. The number of azo groups is 1. The number of nitrogens with one attached hydrogen (secondary N) is 1. The first-order valence-electron chi connectivity index (χ1n) is 12.1. The summed E-state index contributed by atoms with van der Waals surface area (Å²) in [7, 11) is -5.65. The molecule has 3 N–H and O–H groups in total. The number of thioether (sulfide) groups is 1. The Balaban J connectivity index is 2.25. The van der Waals surface area contributed by atoms with Gasteiger partial charge in [0.15, 0.2) is 0 Å². The van der Waals surface area contributed by atoms with Crippen molar-refractivity contribution in [3.63, 3.8) is 0 Å². The minimum Gasteiger partial charge on any atom is -0.371 e. The molecule has 1 aliphatic heterocycles. The molecule has 2 rings (SSSR count). The number of nitrogens with zero attached hydrogens (tertiary/aromatic N) is 4. The molecule has 1 heterocycles. The topological polar surface area (TPSA) is 113 Å². The summed E-state index contributed by atoms with van der Waals surface area (Å²) in [5.41, 5.74) is -4.26. The summed E-state index contributed by atoms with van der Waals surface area (Å²) in [4.78, 5) is 2.10. The molecule has 36 heavy (non-hydrogen) atoms. The van der Waals surface area contributed by atoms with Crippen molar-refractivity contribution in [3.8, 4) is 0 Å². The minimum absolute atomic E-state index is 0.0173. The van der Waals surface area contributed by atoms with Crippen LogP contribution >= 0.6 is 11.8 Å². The first kappa shape index (κ1) is 29.9. The van der Waals surface area contributed by atoms with Gasteiger partial charge in [-0.2, -0.15) is 26.7 Å². The predicted octanol–water partition coefficient (Wildman–Crippen LogP) is 7.03. The number of rotatable bonds is 13. The molecule has 0 saturated heterocycles. The van der Waals surface area contributed by atoms with E-state index >= 15 is 0 Å². The number of benzene rings is 1. The third-order valence-electron chi connectivity index (χ3n) is 5.78. The van der Waals surface area contributed by atoms with Gasteiger partial charge in [0, 0.05) is 18.8 Å². The van der Waals surface area contributed by atoms with Crippen LogP contribution in [0.15, 0.2) is 39.4 Å². The van der Waals surface area contributed by atoms with Crippen LogP contribution in [-0.4, -0.2) is 32.2 Å². The zero-order valence-corrected chi connectivity index (χ0v) is 22.2. The van der Waals surface area contributed by atoms with Crippen LogP contribution < -0.4 is 15.5 Å². The molecule has 0 fully saturated rings. The van der Waals surface area contributed by atoms with Crippen molar-refractivity contribution < 1.29 is 21.6 Å². The number of hydrazone groups is 1. The molecule has 1 aromatic rings. The maximum atomic E-state index is 13.1. The molecule has 8 nitrogen and oxygen atoms in total. The summed E-state index contributed by atoms with van der Waals surface area (Å²) in [5, 5.41) is 12.6. The summed E-state index contributed by atoms with van der Waals surface area (Å²) < 4.78 is 64.7. The molecule has 0 radical (unpaired) electrons.